The van der Waals surface area contributed by atoms with Crippen LogP contribution in [0.3, 0.4) is 0 Å². The zero-order chi connectivity index (χ0) is 22.1. The lowest BCUT2D eigenvalue weighted by molar-refractivity contribution is -0.129. The molecule has 0 radical (unpaired) electrons. The lowest BCUT2D eigenvalue weighted by atomic mass is 10.3. The van der Waals surface area contributed by atoms with Gasteiger partial charge in [0.25, 0.3) is 5.95 Å². The molecule has 162 valence electrons. The van der Waals surface area contributed by atoms with E-state index in [4.69, 9.17) is 0 Å². The predicted molar refractivity (Wildman–Crippen MR) is 113 cm³/mol. The molecule has 3 aromatic rings. The first kappa shape index (κ1) is 20.7. The summed E-state index contributed by atoms with van der Waals surface area (Å²) in [5.41, 5.74) is 1.92. The molecular weight excluding hydrogens is 404 g/mol. The molecule has 2 aromatic heterocycles. The molecule has 0 atom stereocenters. The number of carbonyl (C=O) groups excluding carboxylic acids is 1. The average molecular weight is 427 g/mol. The number of aromatic nitrogens is 4. The number of piperazine rings is 1. The summed E-state index contributed by atoms with van der Waals surface area (Å²) >= 11 is 0. The first-order valence-electron chi connectivity index (χ1n) is 9.95. The van der Waals surface area contributed by atoms with Crippen LogP contribution in [0.4, 0.5) is 26.1 Å². The van der Waals surface area contributed by atoms with Gasteiger partial charge in [-0.3, -0.25) is 4.79 Å². The maximum atomic E-state index is 13.6. The van der Waals surface area contributed by atoms with E-state index < -0.39 is 11.6 Å². The van der Waals surface area contributed by atoms with Gasteiger partial charge in [-0.05, 0) is 32.0 Å². The number of amides is 1. The van der Waals surface area contributed by atoms with E-state index in [0.717, 1.165) is 17.5 Å². The Hall–Kier alpha value is -3.56. The standard InChI is InChI=1S/C21H23F2N7O/c1-13-8-14(2)30(27-13)21-25-19(24-18-10-16(22)9-17(23)11-18)12-20(26-21)29-6-4-28(5-7-29)15(3)31/h8-12H,4-7H2,1-3H3,(H,24,25,26). The summed E-state index contributed by atoms with van der Waals surface area (Å²) in [4.78, 5) is 24.7. The van der Waals surface area contributed by atoms with Gasteiger partial charge in [-0.25, -0.2) is 13.5 Å². The molecule has 1 amide bonds. The van der Waals surface area contributed by atoms with Crippen LogP contribution in [0.2, 0.25) is 0 Å². The summed E-state index contributed by atoms with van der Waals surface area (Å²) in [6.07, 6.45) is 0. The molecule has 1 aliphatic heterocycles. The Morgan fingerprint density at radius 1 is 0.968 bits per heavy atom. The van der Waals surface area contributed by atoms with Gasteiger partial charge in [0.1, 0.15) is 23.3 Å². The number of hydrogen-bond acceptors (Lipinski definition) is 6. The van der Waals surface area contributed by atoms with Crippen LogP contribution in [-0.2, 0) is 4.79 Å². The Labute approximate surface area is 178 Å². The molecule has 1 aliphatic rings. The number of anilines is 3. The zero-order valence-electron chi connectivity index (χ0n) is 17.6. The second-order valence-corrected chi connectivity index (χ2v) is 7.53. The summed E-state index contributed by atoms with van der Waals surface area (Å²) < 4.78 is 28.9. The molecule has 0 aliphatic carbocycles. The number of benzene rings is 1. The van der Waals surface area contributed by atoms with Gasteiger partial charge >= 0.3 is 0 Å². The molecule has 4 rings (SSSR count). The van der Waals surface area contributed by atoms with Crippen molar-refractivity contribution in [2.24, 2.45) is 0 Å². The highest BCUT2D eigenvalue weighted by atomic mass is 19.1. The van der Waals surface area contributed by atoms with Gasteiger partial charge in [0.05, 0.1) is 5.69 Å². The molecule has 0 unspecified atom stereocenters. The van der Waals surface area contributed by atoms with Crippen molar-refractivity contribution < 1.29 is 13.6 Å². The second-order valence-electron chi connectivity index (χ2n) is 7.53. The minimum atomic E-state index is -0.684. The van der Waals surface area contributed by atoms with E-state index in [1.54, 1.807) is 22.6 Å². The van der Waals surface area contributed by atoms with Crippen LogP contribution >= 0.6 is 0 Å². The lowest BCUT2D eigenvalue weighted by Crippen LogP contribution is -2.48. The van der Waals surface area contributed by atoms with E-state index in [9.17, 15) is 13.6 Å². The van der Waals surface area contributed by atoms with Gasteiger partial charge in [0, 0.05) is 56.6 Å². The smallest absolute Gasteiger partial charge is 0.254 e. The largest absolute Gasteiger partial charge is 0.353 e. The predicted octanol–water partition coefficient (Wildman–Crippen LogP) is 2.97. The van der Waals surface area contributed by atoms with Gasteiger partial charge in [0.15, 0.2) is 0 Å². The first-order chi connectivity index (χ1) is 14.8. The van der Waals surface area contributed by atoms with Crippen LogP contribution < -0.4 is 10.2 Å². The van der Waals surface area contributed by atoms with Crippen molar-refractivity contribution in [2.75, 3.05) is 36.4 Å². The number of nitrogens with one attached hydrogen (secondary N) is 1. The van der Waals surface area contributed by atoms with Crippen molar-refractivity contribution in [3.05, 3.63) is 53.4 Å². The maximum Gasteiger partial charge on any atom is 0.254 e. The fourth-order valence-corrected chi connectivity index (χ4v) is 3.60. The highest BCUT2D eigenvalue weighted by Crippen LogP contribution is 2.24. The lowest BCUT2D eigenvalue weighted by Gasteiger charge is -2.35. The Morgan fingerprint density at radius 2 is 1.65 bits per heavy atom. The first-order valence-corrected chi connectivity index (χ1v) is 9.95. The molecule has 1 N–H and O–H groups in total. The average Bonchev–Trinajstić information content (AvgIpc) is 3.05. The highest BCUT2D eigenvalue weighted by molar-refractivity contribution is 5.73. The van der Waals surface area contributed by atoms with Crippen LogP contribution in [0.15, 0.2) is 30.3 Å². The summed E-state index contributed by atoms with van der Waals surface area (Å²) in [5, 5.41) is 7.42. The fraction of sp³-hybridized carbons (Fsp3) is 0.333. The van der Waals surface area contributed by atoms with Crippen LogP contribution in [0, 0.1) is 25.5 Å². The van der Waals surface area contributed by atoms with Crippen LogP contribution in [0.5, 0.6) is 0 Å². The molecule has 0 saturated carbocycles. The van der Waals surface area contributed by atoms with Gasteiger partial charge in [-0.1, -0.05) is 0 Å². The van der Waals surface area contributed by atoms with Crippen molar-refractivity contribution in [3.63, 3.8) is 0 Å². The highest BCUT2D eigenvalue weighted by Gasteiger charge is 2.21. The number of nitrogens with zero attached hydrogens (tertiary/aromatic N) is 6. The Morgan fingerprint density at radius 3 is 2.23 bits per heavy atom. The third-order valence-corrected chi connectivity index (χ3v) is 5.08. The third kappa shape index (κ3) is 4.62. The molecule has 3 heterocycles. The fourth-order valence-electron chi connectivity index (χ4n) is 3.60. The van der Waals surface area contributed by atoms with Crippen LogP contribution in [-0.4, -0.2) is 56.7 Å². The number of halogens is 2. The molecule has 0 bridgehead atoms. The van der Waals surface area contributed by atoms with Crippen molar-refractivity contribution >= 4 is 23.2 Å². The molecule has 31 heavy (non-hydrogen) atoms. The number of aryl methyl sites for hydroxylation is 2. The van der Waals surface area contributed by atoms with Gasteiger partial charge < -0.3 is 15.1 Å². The summed E-state index contributed by atoms with van der Waals surface area (Å²) in [6.45, 7) is 7.74. The van der Waals surface area contributed by atoms with Gasteiger partial charge in [-0.15, -0.1) is 0 Å². The number of carbonyl (C=O) groups is 1. The van der Waals surface area contributed by atoms with Crippen molar-refractivity contribution in [3.8, 4) is 5.95 Å². The van der Waals surface area contributed by atoms with Crippen molar-refractivity contribution in [2.45, 2.75) is 20.8 Å². The van der Waals surface area contributed by atoms with Crippen LogP contribution in [0.1, 0.15) is 18.3 Å². The SMILES string of the molecule is CC(=O)N1CCN(c2cc(Nc3cc(F)cc(F)c3)nc(-n3nc(C)cc3C)n2)CC1. The Kier molecular flexibility index (Phi) is 5.53. The second kappa shape index (κ2) is 8.29. The Bertz CT molecular complexity index is 1100. The van der Waals surface area contributed by atoms with Crippen molar-refractivity contribution in [1.82, 2.24) is 24.6 Å². The van der Waals surface area contributed by atoms with E-state index in [-0.39, 0.29) is 11.6 Å². The zero-order valence-corrected chi connectivity index (χ0v) is 17.6. The molecule has 10 heteroatoms. The van der Waals surface area contributed by atoms with Crippen molar-refractivity contribution in [1.29, 1.82) is 0 Å². The summed E-state index contributed by atoms with van der Waals surface area (Å²) in [6, 6.07) is 6.84. The normalized spacial score (nSPS) is 14.1. The summed E-state index contributed by atoms with van der Waals surface area (Å²) in [7, 11) is 0. The Balaban J connectivity index is 1.70. The number of hydrogen-bond donors (Lipinski definition) is 1. The molecule has 8 nitrogen and oxygen atoms in total. The number of rotatable bonds is 4. The third-order valence-electron chi connectivity index (χ3n) is 5.08. The van der Waals surface area contributed by atoms with E-state index in [1.807, 2.05) is 24.8 Å². The van der Waals surface area contributed by atoms with Gasteiger partial charge in [0.2, 0.25) is 5.91 Å². The monoisotopic (exact) mass is 427 g/mol. The topological polar surface area (TPSA) is 79.2 Å². The summed E-state index contributed by atoms with van der Waals surface area (Å²) in [5.74, 6) is 0.0381. The quantitative estimate of drug-likeness (QED) is 0.690. The molecular formula is C21H23F2N7O. The molecule has 1 aromatic carbocycles. The van der Waals surface area contributed by atoms with Crippen LogP contribution in [0.25, 0.3) is 5.95 Å². The minimum Gasteiger partial charge on any atom is -0.353 e. The van der Waals surface area contributed by atoms with E-state index in [1.165, 1.54) is 12.1 Å². The van der Waals surface area contributed by atoms with Gasteiger partial charge in [-0.2, -0.15) is 15.1 Å². The van der Waals surface area contributed by atoms with E-state index in [0.29, 0.717) is 43.8 Å². The minimum absolute atomic E-state index is 0.0427. The van der Waals surface area contributed by atoms with E-state index >= 15 is 0 Å². The maximum absolute atomic E-state index is 13.6. The molecule has 1 fully saturated rings. The van der Waals surface area contributed by atoms with E-state index in [2.05, 4.69) is 20.4 Å². The molecule has 0 spiro atoms. The molecule has 1 saturated heterocycles.